The first-order valence-corrected chi connectivity index (χ1v) is 6.00. The molecule has 0 spiro atoms. The highest BCUT2D eigenvalue weighted by Crippen LogP contribution is 2.27. The third kappa shape index (κ3) is 4.53. The number of carboxylic acids is 1. The van der Waals surface area contributed by atoms with E-state index in [0.29, 0.717) is 6.54 Å². The van der Waals surface area contributed by atoms with E-state index >= 15 is 0 Å². The Morgan fingerprint density at radius 1 is 1.33 bits per heavy atom. The average Bonchev–Trinajstić information content (AvgIpc) is 2.96. The minimum atomic E-state index is -0.909. The van der Waals surface area contributed by atoms with Crippen LogP contribution in [-0.2, 0) is 9.59 Å². The van der Waals surface area contributed by atoms with Crippen LogP contribution in [0.25, 0.3) is 0 Å². The lowest BCUT2D eigenvalue weighted by atomic mass is 10.4. The van der Waals surface area contributed by atoms with Crippen molar-refractivity contribution >= 4 is 23.6 Å². The molecule has 0 heterocycles. The monoisotopic (exact) mass is 233 g/mol. The first-order valence-electron chi connectivity index (χ1n) is 4.85. The SMILES string of the molecule is O=C(O)CSCC(=O)N(CCO)C1CC1. The van der Waals surface area contributed by atoms with E-state index < -0.39 is 5.97 Å². The summed E-state index contributed by atoms with van der Waals surface area (Å²) in [6, 6.07) is 0.273. The number of carbonyl (C=O) groups is 2. The summed E-state index contributed by atoms with van der Waals surface area (Å²) in [5, 5.41) is 17.2. The summed E-state index contributed by atoms with van der Waals surface area (Å²) >= 11 is 1.10. The van der Waals surface area contributed by atoms with Crippen molar-refractivity contribution in [1.29, 1.82) is 0 Å². The molecule has 1 aliphatic rings. The van der Waals surface area contributed by atoms with Gasteiger partial charge in [0.05, 0.1) is 18.1 Å². The second-order valence-electron chi connectivity index (χ2n) is 3.43. The molecule has 0 bridgehead atoms. The maximum Gasteiger partial charge on any atom is 0.313 e. The van der Waals surface area contributed by atoms with Crippen molar-refractivity contribution in [2.24, 2.45) is 0 Å². The Morgan fingerprint density at radius 3 is 2.47 bits per heavy atom. The van der Waals surface area contributed by atoms with E-state index in [9.17, 15) is 9.59 Å². The number of carbonyl (C=O) groups excluding carboxylic acids is 1. The van der Waals surface area contributed by atoms with Crippen LogP contribution in [0.3, 0.4) is 0 Å². The standard InChI is InChI=1S/C9H15NO4S/c11-4-3-10(7-1-2-7)8(12)5-15-6-9(13)14/h7,11H,1-6H2,(H,13,14). The Morgan fingerprint density at radius 2 is 2.00 bits per heavy atom. The van der Waals surface area contributed by atoms with Crippen LogP contribution in [0.2, 0.25) is 0 Å². The molecular formula is C9H15NO4S. The number of amides is 1. The average molecular weight is 233 g/mol. The summed E-state index contributed by atoms with van der Waals surface area (Å²) < 4.78 is 0. The largest absolute Gasteiger partial charge is 0.481 e. The zero-order chi connectivity index (χ0) is 11.3. The van der Waals surface area contributed by atoms with E-state index in [1.807, 2.05) is 0 Å². The van der Waals surface area contributed by atoms with Gasteiger partial charge in [-0.2, -0.15) is 0 Å². The summed E-state index contributed by atoms with van der Waals surface area (Å²) in [4.78, 5) is 23.5. The summed E-state index contributed by atoms with van der Waals surface area (Å²) in [7, 11) is 0. The molecule has 2 N–H and O–H groups in total. The highest BCUT2D eigenvalue weighted by molar-refractivity contribution is 8.00. The van der Waals surface area contributed by atoms with Crippen molar-refractivity contribution in [3.05, 3.63) is 0 Å². The van der Waals surface area contributed by atoms with Gasteiger partial charge in [-0.1, -0.05) is 0 Å². The fraction of sp³-hybridized carbons (Fsp3) is 0.778. The minimum Gasteiger partial charge on any atom is -0.481 e. The smallest absolute Gasteiger partial charge is 0.313 e. The number of carboxylic acid groups (broad SMARTS) is 1. The van der Waals surface area contributed by atoms with E-state index in [0.717, 1.165) is 24.6 Å². The highest BCUT2D eigenvalue weighted by Gasteiger charge is 2.31. The summed E-state index contributed by atoms with van der Waals surface area (Å²) in [5.74, 6) is -0.850. The van der Waals surface area contributed by atoms with Gasteiger partial charge < -0.3 is 15.1 Å². The van der Waals surface area contributed by atoms with Crippen LogP contribution in [0, 0.1) is 0 Å². The molecule has 15 heavy (non-hydrogen) atoms. The van der Waals surface area contributed by atoms with Crippen LogP contribution >= 0.6 is 11.8 Å². The van der Waals surface area contributed by atoms with Crippen molar-refractivity contribution in [2.75, 3.05) is 24.7 Å². The van der Waals surface area contributed by atoms with Crippen LogP contribution in [0.1, 0.15) is 12.8 Å². The Kier molecular flexibility index (Phi) is 4.90. The van der Waals surface area contributed by atoms with E-state index in [1.54, 1.807) is 4.90 Å². The molecule has 0 aromatic rings. The molecule has 0 aromatic carbocycles. The molecule has 1 aliphatic carbocycles. The van der Waals surface area contributed by atoms with Gasteiger partial charge in [-0.05, 0) is 12.8 Å². The van der Waals surface area contributed by atoms with Gasteiger partial charge in [-0.25, -0.2) is 0 Å². The van der Waals surface area contributed by atoms with Gasteiger partial charge in [0.15, 0.2) is 0 Å². The quantitative estimate of drug-likeness (QED) is 0.636. The second kappa shape index (κ2) is 5.97. The minimum absolute atomic E-state index is 0.0359. The van der Waals surface area contributed by atoms with Crippen molar-refractivity contribution in [3.8, 4) is 0 Å². The molecule has 0 saturated heterocycles. The van der Waals surface area contributed by atoms with E-state index in [1.165, 1.54) is 0 Å². The van der Waals surface area contributed by atoms with E-state index in [2.05, 4.69) is 0 Å². The summed E-state index contributed by atoms with van der Waals surface area (Å²) in [6.45, 7) is 0.322. The number of aliphatic hydroxyl groups excluding tert-OH is 1. The molecule has 86 valence electrons. The molecule has 0 aromatic heterocycles. The Hall–Kier alpha value is -0.750. The summed E-state index contributed by atoms with van der Waals surface area (Å²) in [5.41, 5.74) is 0. The lowest BCUT2D eigenvalue weighted by Gasteiger charge is -2.20. The number of aliphatic hydroxyl groups is 1. The first-order chi connectivity index (χ1) is 7.15. The van der Waals surface area contributed by atoms with Gasteiger partial charge in [0.25, 0.3) is 0 Å². The van der Waals surface area contributed by atoms with Crippen molar-refractivity contribution in [2.45, 2.75) is 18.9 Å². The molecule has 1 saturated carbocycles. The van der Waals surface area contributed by atoms with Gasteiger partial charge in [-0.3, -0.25) is 9.59 Å². The van der Waals surface area contributed by atoms with Gasteiger partial charge in [0.2, 0.25) is 5.91 Å². The highest BCUT2D eigenvalue weighted by atomic mass is 32.2. The number of hydrogen-bond donors (Lipinski definition) is 2. The number of aliphatic carboxylic acids is 1. The van der Waals surface area contributed by atoms with Gasteiger partial charge >= 0.3 is 5.97 Å². The zero-order valence-electron chi connectivity index (χ0n) is 8.39. The topological polar surface area (TPSA) is 77.8 Å². The van der Waals surface area contributed by atoms with Crippen molar-refractivity contribution in [3.63, 3.8) is 0 Å². The van der Waals surface area contributed by atoms with Crippen LogP contribution in [0.15, 0.2) is 0 Å². The number of nitrogens with zero attached hydrogens (tertiary/aromatic N) is 1. The molecular weight excluding hydrogens is 218 g/mol. The van der Waals surface area contributed by atoms with E-state index in [4.69, 9.17) is 10.2 Å². The van der Waals surface area contributed by atoms with Gasteiger partial charge in [-0.15, -0.1) is 11.8 Å². The van der Waals surface area contributed by atoms with Crippen LogP contribution in [0.5, 0.6) is 0 Å². The lowest BCUT2D eigenvalue weighted by molar-refractivity contribution is -0.133. The van der Waals surface area contributed by atoms with Gasteiger partial charge in [0.1, 0.15) is 0 Å². The Bertz CT molecular complexity index is 242. The second-order valence-corrected chi connectivity index (χ2v) is 4.41. The lowest BCUT2D eigenvalue weighted by Crippen LogP contribution is -2.36. The Labute approximate surface area is 92.4 Å². The predicted octanol–water partition coefficient (Wildman–Crippen LogP) is -0.213. The molecule has 1 fully saturated rings. The Balaban J connectivity index is 2.25. The first kappa shape index (κ1) is 12.3. The van der Waals surface area contributed by atoms with Gasteiger partial charge in [0, 0.05) is 12.6 Å². The number of thioether (sulfide) groups is 1. The molecule has 0 aliphatic heterocycles. The van der Waals surface area contributed by atoms with Crippen LogP contribution < -0.4 is 0 Å². The molecule has 1 rings (SSSR count). The van der Waals surface area contributed by atoms with Crippen LogP contribution in [-0.4, -0.2) is 57.7 Å². The van der Waals surface area contributed by atoms with Crippen molar-refractivity contribution < 1.29 is 19.8 Å². The maximum absolute atomic E-state index is 11.6. The molecule has 5 nitrogen and oxygen atoms in total. The number of hydrogen-bond acceptors (Lipinski definition) is 4. The normalized spacial score (nSPS) is 15.0. The molecule has 0 atom stereocenters. The fourth-order valence-corrected chi connectivity index (χ4v) is 1.93. The third-order valence-electron chi connectivity index (χ3n) is 2.10. The van der Waals surface area contributed by atoms with E-state index in [-0.39, 0.29) is 30.1 Å². The summed E-state index contributed by atoms with van der Waals surface area (Å²) in [6.07, 6.45) is 1.99. The predicted molar refractivity (Wildman–Crippen MR) is 56.8 cm³/mol. The number of rotatable bonds is 7. The third-order valence-corrected chi connectivity index (χ3v) is 3.00. The molecule has 0 unspecified atom stereocenters. The van der Waals surface area contributed by atoms with Crippen LogP contribution in [0.4, 0.5) is 0 Å². The molecule has 0 radical (unpaired) electrons. The molecule has 1 amide bonds. The zero-order valence-corrected chi connectivity index (χ0v) is 9.20. The maximum atomic E-state index is 11.6. The molecule has 6 heteroatoms. The fourth-order valence-electron chi connectivity index (χ4n) is 1.31. The van der Waals surface area contributed by atoms with Crippen molar-refractivity contribution in [1.82, 2.24) is 4.90 Å².